The van der Waals surface area contributed by atoms with Crippen LogP contribution in [-0.2, 0) is 5.41 Å². The highest BCUT2D eigenvalue weighted by Gasteiger charge is 2.37. The summed E-state index contributed by atoms with van der Waals surface area (Å²) in [6, 6.07) is 56.1. The minimum atomic E-state index is -0.132. The third-order valence-electron chi connectivity index (χ3n) is 10.4. The van der Waals surface area contributed by atoms with Crippen molar-refractivity contribution in [1.29, 1.82) is 0 Å². The molecule has 10 rings (SSSR count). The zero-order valence-corrected chi connectivity index (χ0v) is 29.2. The van der Waals surface area contributed by atoms with E-state index in [1.807, 2.05) is 60.7 Å². The van der Waals surface area contributed by atoms with E-state index >= 15 is 0 Å². The normalized spacial score (nSPS) is 13.2. The van der Waals surface area contributed by atoms with E-state index in [1.54, 1.807) is 0 Å². The van der Waals surface area contributed by atoms with E-state index in [-0.39, 0.29) is 5.41 Å². The molecule has 0 amide bonds. The number of ether oxygens (including phenoxy) is 2. The fourth-order valence-corrected chi connectivity index (χ4v) is 7.61. The Hall–Kier alpha value is -6.85. The molecule has 0 atom stereocenters. The van der Waals surface area contributed by atoms with Crippen molar-refractivity contribution in [2.75, 3.05) is 0 Å². The van der Waals surface area contributed by atoms with Crippen LogP contribution in [0.15, 0.2) is 164 Å². The number of hydrogen-bond acceptors (Lipinski definition) is 5. The monoisotopic (exact) mass is 683 g/mol. The van der Waals surface area contributed by atoms with Gasteiger partial charge in [-0.25, -0.2) is 15.0 Å². The predicted octanol–water partition coefficient (Wildman–Crippen LogP) is 12.4. The summed E-state index contributed by atoms with van der Waals surface area (Å²) in [6.45, 7) is 4.54. The van der Waals surface area contributed by atoms with Gasteiger partial charge in [0.05, 0.1) is 0 Å². The smallest absolute Gasteiger partial charge is 0.170 e. The van der Waals surface area contributed by atoms with E-state index in [9.17, 15) is 0 Å². The molecule has 2 aliphatic rings. The van der Waals surface area contributed by atoms with Crippen molar-refractivity contribution in [2.45, 2.75) is 19.3 Å². The molecule has 0 saturated carbocycles. The van der Waals surface area contributed by atoms with Crippen molar-refractivity contribution in [1.82, 2.24) is 15.0 Å². The van der Waals surface area contributed by atoms with Crippen LogP contribution in [0.2, 0.25) is 0 Å². The number of fused-ring (bicyclic) bond motifs is 5. The number of nitrogens with zero attached hydrogens (tertiary/aromatic N) is 3. The van der Waals surface area contributed by atoms with Gasteiger partial charge in [-0.1, -0.05) is 141 Å². The van der Waals surface area contributed by atoms with Gasteiger partial charge in [0.25, 0.3) is 0 Å². The fourth-order valence-electron chi connectivity index (χ4n) is 7.61. The SMILES string of the molecule is CC1(C)c2ccccc2-c2cc3c(cc21)Oc1cc(-c2cccc(-c4nc(-c5ccccc5)nc(-c5cccc(-c6ccccc6)c5)n4)c2)ccc1O3. The molecule has 1 aliphatic carbocycles. The van der Waals surface area contributed by atoms with Crippen molar-refractivity contribution in [3.63, 3.8) is 0 Å². The molecule has 8 aromatic rings. The van der Waals surface area contributed by atoms with Crippen molar-refractivity contribution in [2.24, 2.45) is 0 Å². The second-order valence-corrected chi connectivity index (χ2v) is 14.1. The van der Waals surface area contributed by atoms with E-state index < -0.39 is 0 Å². The summed E-state index contributed by atoms with van der Waals surface area (Å²) in [6.07, 6.45) is 0. The Labute approximate surface area is 308 Å². The van der Waals surface area contributed by atoms with E-state index in [4.69, 9.17) is 24.4 Å². The Morgan fingerprint density at radius 3 is 1.53 bits per heavy atom. The molecule has 53 heavy (non-hydrogen) atoms. The summed E-state index contributed by atoms with van der Waals surface area (Å²) in [5.41, 5.74) is 11.9. The van der Waals surface area contributed by atoms with E-state index in [0.29, 0.717) is 29.0 Å². The molecule has 5 nitrogen and oxygen atoms in total. The lowest BCUT2D eigenvalue weighted by Gasteiger charge is -2.25. The molecule has 0 N–H and O–H groups in total. The lowest BCUT2D eigenvalue weighted by Crippen LogP contribution is -2.15. The topological polar surface area (TPSA) is 57.1 Å². The van der Waals surface area contributed by atoms with Crippen LogP contribution in [-0.4, -0.2) is 15.0 Å². The zero-order chi connectivity index (χ0) is 35.5. The lowest BCUT2D eigenvalue weighted by atomic mass is 9.82. The molecule has 0 fully saturated rings. The van der Waals surface area contributed by atoms with Crippen LogP contribution < -0.4 is 9.47 Å². The first-order chi connectivity index (χ1) is 26.0. The Bertz CT molecular complexity index is 2700. The maximum absolute atomic E-state index is 6.58. The highest BCUT2D eigenvalue weighted by atomic mass is 16.6. The Morgan fingerprint density at radius 2 is 0.830 bits per heavy atom. The average Bonchev–Trinajstić information content (AvgIpc) is 3.44. The van der Waals surface area contributed by atoms with Crippen molar-refractivity contribution >= 4 is 0 Å². The highest BCUT2D eigenvalue weighted by Crippen LogP contribution is 2.55. The predicted molar refractivity (Wildman–Crippen MR) is 211 cm³/mol. The highest BCUT2D eigenvalue weighted by molar-refractivity contribution is 5.84. The van der Waals surface area contributed by atoms with Crippen LogP contribution >= 0.6 is 0 Å². The van der Waals surface area contributed by atoms with Gasteiger partial charge in [0, 0.05) is 22.1 Å². The van der Waals surface area contributed by atoms with Crippen molar-refractivity contribution in [3.8, 4) is 90.5 Å². The summed E-state index contributed by atoms with van der Waals surface area (Å²) in [5.74, 6) is 4.67. The van der Waals surface area contributed by atoms with Crippen molar-refractivity contribution < 1.29 is 9.47 Å². The van der Waals surface area contributed by atoms with Crippen LogP contribution in [0.1, 0.15) is 25.0 Å². The Balaban J connectivity index is 1.01. The van der Waals surface area contributed by atoms with Gasteiger partial charge in [-0.15, -0.1) is 0 Å². The molecule has 0 bridgehead atoms. The van der Waals surface area contributed by atoms with Gasteiger partial charge in [-0.05, 0) is 80.9 Å². The maximum atomic E-state index is 6.58. The first-order valence-electron chi connectivity index (χ1n) is 17.8. The zero-order valence-electron chi connectivity index (χ0n) is 29.2. The molecular weight excluding hydrogens is 651 g/mol. The average molecular weight is 684 g/mol. The quantitative estimate of drug-likeness (QED) is 0.181. The minimum absolute atomic E-state index is 0.132. The third-order valence-corrected chi connectivity index (χ3v) is 10.4. The van der Waals surface area contributed by atoms with Gasteiger partial charge >= 0.3 is 0 Å². The molecule has 1 aromatic heterocycles. The molecular formula is C48H33N3O2. The maximum Gasteiger partial charge on any atom is 0.170 e. The van der Waals surface area contributed by atoms with Gasteiger partial charge in [-0.3, -0.25) is 0 Å². The van der Waals surface area contributed by atoms with Gasteiger partial charge in [0.1, 0.15) is 0 Å². The van der Waals surface area contributed by atoms with E-state index in [2.05, 4.69) is 117 Å². The van der Waals surface area contributed by atoms with E-state index in [0.717, 1.165) is 50.4 Å². The molecule has 0 radical (unpaired) electrons. The van der Waals surface area contributed by atoms with Crippen LogP contribution in [0.5, 0.6) is 23.0 Å². The Kier molecular flexibility index (Phi) is 7.08. The first kappa shape index (κ1) is 30.9. The number of rotatable bonds is 5. The number of hydrogen-bond donors (Lipinski definition) is 0. The van der Waals surface area contributed by atoms with Crippen LogP contribution in [0.25, 0.3) is 67.5 Å². The summed E-state index contributed by atoms with van der Waals surface area (Å²) >= 11 is 0. The van der Waals surface area contributed by atoms with Crippen LogP contribution in [0.3, 0.4) is 0 Å². The summed E-state index contributed by atoms with van der Waals surface area (Å²) in [4.78, 5) is 15.0. The second-order valence-electron chi connectivity index (χ2n) is 14.1. The molecule has 5 heteroatoms. The molecule has 2 heterocycles. The van der Waals surface area contributed by atoms with Gasteiger partial charge in [0.15, 0.2) is 40.5 Å². The fraction of sp³-hybridized carbons (Fsp3) is 0.0625. The second kappa shape index (κ2) is 12.1. The van der Waals surface area contributed by atoms with Gasteiger partial charge < -0.3 is 9.47 Å². The standard InChI is InChI=1S/C48H33N3O2/c1-48(2)39-22-10-9-21-37(39)38-28-43-44(29-40(38)48)53-42-27-34(23-24-41(42)52-43)33-18-12-20-36(26-33)47-50-45(31-15-7-4-8-16-31)49-46(51-47)35-19-11-17-32(25-35)30-13-5-3-6-14-30/h3-29H,1-2H3. The molecule has 7 aromatic carbocycles. The third kappa shape index (κ3) is 5.37. The summed E-state index contributed by atoms with van der Waals surface area (Å²) < 4.78 is 13.0. The molecule has 0 unspecified atom stereocenters. The van der Waals surface area contributed by atoms with Crippen molar-refractivity contribution in [3.05, 3.63) is 175 Å². The molecule has 0 spiro atoms. The largest absolute Gasteiger partial charge is 0.449 e. The number of aromatic nitrogens is 3. The van der Waals surface area contributed by atoms with E-state index in [1.165, 1.54) is 22.3 Å². The van der Waals surface area contributed by atoms with Gasteiger partial charge in [0.2, 0.25) is 0 Å². The number of benzene rings is 7. The van der Waals surface area contributed by atoms with Gasteiger partial charge in [-0.2, -0.15) is 0 Å². The first-order valence-corrected chi connectivity index (χ1v) is 17.8. The lowest BCUT2D eigenvalue weighted by molar-refractivity contribution is 0.359. The molecule has 1 aliphatic heterocycles. The molecule has 0 saturated heterocycles. The Morgan fingerprint density at radius 1 is 0.340 bits per heavy atom. The summed E-state index contributed by atoms with van der Waals surface area (Å²) in [7, 11) is 0. The minimum Gasteiger partial charge on any atom is -0.449 e. The molecule has 252 valence electrons. The summed E-state index contributed by atoms with van der Waals surface area (Å²) in [5, 5.41) is 0. The van der Waals surface area contributed by atoms with Crippen LogP contribution in [0, 0.1) is 0 Å². The van der Waals surface area contributed by atoms with Crippen LogP contribution in [0.4, 0.5) is 0 Å².